The average molecular weight is 198 g/mol. The quantitative estimate of drug-likeness (QED) is 0.720. The first-order valence-electron chi connectivity index (χ1n) is 5.47. The van der Waals surface area contributed by atoms with Gasteiger partial charge in [0.2, 0.25) is 5.91 Å². The lowest BCUT2D eigenvalue weighted by Gasteiger charge is -2.32. The summed E-state index contributed by atoms with van der Waals surface area (Å²) in [6.07, 6.45) is 2.16. The second-order valence-electron chi connectivity index (χ2n) is 4.77. The molecule has 0 bridgehead atoms. The molecule has 2 atom stereocenters. The number of rotatable bonds is 2. The SMILES string of the molecule is CC(C)C1CCC(C(=O)N(C)C)NC1. The maximum atomic E-state index is 11.6. The molecule has 1 rings (SSSR count). The predicted octanol–water partition coefficient (Wildman–Crippen LogP) is 1.10. The van der Waals surface area contributed by atoms with Gasteiger partial charge >= 0.3 is 0 Å². The van der Waals surface area contributed by atoms with Crippen LogP contribution in [0.5, 0.6) is 0 Å². The summed E-state index contributed by atoms with van der Waals surface area (Å²) < 4.78 is 0. The van der Waals surface area contributed by atoms with Crippen molar-refractivity contribution >= 4 is 5.91 Å². The lowest BCUT2D eigenvalue weighted by molar-refractivity contribution is -0.131. The lowest BCUT2D eigenvalue weighted by Crippen LogP contribution is -2.49. The van der Waals surface area contributed by atoms with E-state index in [4.69, 9.17) is 0 Å². The monoisotopic (exact) mass is 198 g/mol. The van der Waals surface area contributed by atoms with Crippen molar-refractivity contribution in [2.75, 3.05) is 20.6 Å². The molecular formula is C11H22N2O. The van der Waals surface area contributed by atoms with Crippen molar-refractivity contribution in [2.45, 2.75) is 32.7 Å². The first-order valence-corrected chi connectivity index (χ1v) is 5.47. The molecule has 0 aromatic carbocycles. The van der Waals surface area contributed by atoms with Crippen LogP contribution in [0.1, 0.15) is 26.7 Å². The smallest absolute Gasteiger partial charge is 0.239 e. The third kappa shape index (κ3) is 2.71. The van der Waals surface area contributed by atoms with E-state index < -0.39 is 0 Å². The number of nitrogens with zero attached hydrogens (tertiary/aromatic N) is 1. The van der Waals surface area contributed by atoms with Gasteiger partial charge in [-0.2, -0.15) is 0 Å². The highest BCUT2D eigenvalue weighted by molar-refractivity contribution is 5.81. The zero-order valence-electron chi connectivity index (χ0n) is 9.71. The van der Waals surface area contributed by atoms with Crippen LogP contribution >= 0.6 is 0 Å². The second kappa shape index (κ2) is 4.78. The summed E-state index contributed by atoms with van der Waals surface area (Å²) in [5.74, 6) is 1.67. The lowest BCUT2D eigenvalue weighted by atomic mass is 9.86. The third-order valence-corrected chi connectivity index (χ3v) is 3.13. The maximum absolute atomic E-state index is 11.6. The van der Waals surface area contributed by atoms with Gasteiger partial charge in [0.15, 0.2) is 0 Å². The molecule has 0 aromatic rings. The van der Waals surface area contributed by atoms with Crippen LogP contribution in [0.25, 0.3) is 0 Å². The molecule has 1 amide bonds. The van der Waals surface area contributed by atoms with E-state index in [1.807, 2.05) is 14.1 Å². The Morgan fingerprint density at radius 2 is 2.00 bits per heavy atom. The van der Waals surface area contributed by atoms with E-state index in [1.54, 1.807) is 4.90 Å². The number of amides is 1. The molecule has 0 aromatic heterocycles. The molecule has 1 aliphatic rings. The zero-order chi connectivity index (χ0) is 10.7. The van der Waals surface area contributed by atoms with Gasteiger partial charge in [0.25, 0.3) is 0 Å². The number of piperidine rings is 1. The third-order valence-electron chi connectivity index (χ3n) is 3.13. The van der Waals surface area contributed by atoms with Crippen LogP contribution in [0.2, 0.25) is 0 Å². The van der Waals surface area contributed by atoms with Crippen molar-refractivity contribution in [3.63, 3.8) is 0 Å². The van der Waals surface area contributed by atoms with Crippen molar-refractivity contribution in [3.05, 3.63) is 0 Å². The zero-order valence-corrected chi connectivity index (χ0v) is 9.71. The number of carbonyl (C=O) groups excluding carboxylic acids is 1. The van der Waals surface area contributed by atoms with Crippen molar-refractivity contribution < 1.29 is 4.79 Å². The van der Waals surface area contributed by atoms with Crippen molar-refractivity contribution in [2.24, 2.45) is 11.8 Å². The first-order chi connectivity index (χ1) is 6.52. The fourth-order valence-electron chi connectivity index (χ4n) is 1.97. The van der Waals surface area contributed by atoms with E-state index in [9.17, 15) is 4.79 Å². The summed E-state index contributed by atoms with van der Waals surface area (Å²) in [6.45, 7) is 5.49. The van der Waals surface area contributed by atoms with Crippen LogP contribution in [-0.2, 0) is 4.79 Å². The Kier molecular flexibility index (Phi) is 3.93. The molecule has 0 saturated carbocycles. The summed E-state index contributed by atoms with van der Waals surface area (Å²) in [4.78, 5) is 13.3. The fourth-order valence-corrected chi connectivity index (χ4v) is 1.97. The van der Waals surface area contributed by atoms with Crippen molar-refractivity contribution in [3.8, 4) is 0 Å². The fraction of sp³-hybridized carbons (Fsp3) is 0.909. The Morgan fingerprint density at radius 3 is 2.36 bits per heavy atom. The molecule has 14 heavy (non-hydrogen) atoms. The molecule has 82 valence electrons. The van der Waals surface area contributed by atoms with Gasteiger partial charge in [0.05, 0.1) is 6.04 Å². The van der Waals surface area contributed by atoms with E-state index in [0.717, 1.165) is 24.8 Å². The summed E-state index contributed by atoms with van der Waals surface area (Å²) in [5.41, 5.74) is 0. The van der Waals surface area contributed by atoms with Gasteiger partial charge in [0, 0.05) is 14.1 Å². The van der Waals surface area contributed by atoms with Gasteiger partial charge in [-0.25, -0.2) is 0 Å². The van der Waals surface area contributed by atoms with Crippen LogP contribution in [0.4, 0.5) is 0 Å². The van der Waals surface area contributed by atoms with Crippen molar-refractivity contribution in [1.29, 1.82) is 0 Å². The van der Waals surface area contributed by atoms with Crippen LogP contribution in [0.3, 0.4) is 0 Å². The molecule has 1 N–H and O–H groups in total. The van der Waals surface area contributed by atoms with Gasteiger partial charge in [-0.15, -0.1) is 0 Å². The number of carbonyl (C=O) groups is 1. The Bertz CT molecular complexity index is 193. The predicted molar refractivity (Wildman–Crippen MR) is 58.0 cm³/mol. The maximum Gasteiger partial charge on any atom is 0.239 e. The molecule has 0 aliphatic carbocycles. The topological polar surface area (TPSA) is 32.3 Å². The molecular weight excluding hydrogens is 176 g/mol. The highest BCUT2D eigenvalue weighted by Crippen LogP contribution is 2.21. The average Bonchev–Trinajstić information content (AvgIpc) is 2.16. The Hall–Kier alpha value is -0.570. The van der Waals surface area contributed by atoms with Crippen LogP contribution in [0, 0.1) is 11.8 Å². The minimum absolute atomic E-state index is 0.0556. The number of nitrogens with one attached hydrogen (secondary N) is 1. The molecule has 1 heterocycles. The van der Waals surface area contributed by atoms with Gasteiger partial charge in [0.1, 0.15) is 0 Å². The minimum atomic E-state index is 0.0556. The second-order valence-corrected chi connectivity index (χ2v) is 4.77. The summed E-state index contributed by atoms with van der Waals surface area (Å²) >= 11 is 0. The van der Waals surface area contributed by atoms with E-state index in [-0.39, 0.29) is 11.9 Å². The van der Waals surface area contributed by atoms with Crippen LogP contribution in [-0.4, -0.2) is 37.5 Å². The standard InChI is InChI=1S/C11H22N2O/c1-8(2)9-5-6-10(12-7-9)11(14)13(3)4/h8-10,12H,5-7H2,1-4H3. The highest BCUT2D eigenvalue weighted by Gasteiger charge is 2.27. The molecule has 3 heteroatoms. The largest absolute Gasteiger partial charge is 0.347 e. The Balaban J connectivity index is 2.39. The van der Waals surface area contributed by atoms with E-state index in [0.29, 0.717) is 0 Å². The number of hydrogen-bond donors (Lipinski definition) is 1. The molecule has 1 aliphatic heterocycles. The normalized spacial score (nSPS) is 27.8. The Labute approximate surface area is 86.9 Å². The molecule has 1 saturated heterocycles. The highest BCUT2D eigenvalue weighted by atomic mass is 16.2. The van der Waals surface area contributed by atoms with Gasteiger partial charge in [-0.1, -0.05) is 13.8 Å². The van der Waals surface area contributed by atoms with Gasteiger partial charge in [-0.3, -0.25) is 4.79 Å². The van der Waals surface area contributed by atoms with Gasteiger partial charge < -0.3 is 10.2 Å². The van der Waals surface area contributed by atoms with Crippen LogP contribution in [0.15, 0.2) is 0 Å². The molecule has 0 spiro atoms. The van der Waals surface area contributed by atoms with E-state index >= 15 is 0 Å². The molecule has 1 fully saturated rings. The molecule has 2 unspecified atom stereocenters. The van der Waals surface area contributed by atoms with E-state index in [2.05, 4.69) is 19.2 Å². The van der Waals surface area contributed by atoms with Crippen LogP contribution < -0.4 is 5.32 Å². The van der Waals surface area contributed by atoms with E-state index in [1.165, 1.54) is 6.42 Å². The Morgan fingerprint density at radius 1 is 1.36 bits per heavy atom. The van der Waals surface area contributed by atoms with Gasteiger partial charge in [-0.05, 0) is 31.2 Å². The minimum Gasteiger partial charge on any atom is -0.347 e. The molecule has 3 nitrogen and oxygen atoms in total. The summed E-state index contributed by atoms with van der Waals surface area (Å²) in [5, 5.41) is 3.34. The first kappa shape index (κ1) is 11.5. The summed E-state index contributed by atoms with van der Waals surface area (Å²) in [6, 6.07) is 0.0556. The number of likely N-dealkylation sites (N-methyl/N-ethyl adjacent to an activating group) is 1. The van der Waals surface area contributed by atoms with Crippen molar-refractivity contribution in [1.82, 2.24) is 10.2 Å². The molecule has 0 radical (unpaired) electrons. The summed E-state index contributed by atoms with van der Waals surface area (Å²) in [7, 11) is 3.64. The number of hydrogen-bond acceptors (Lipinski definition) is 2.